The lowest BCUT2D eigenvalue weighted by Gasteiger charge is -2.11. The number of nitrogens with zero attached hydrogens (tertiary/aromatic N) is 4. The Bertz CT molecular complexity index is 1440. The molecule has 160 valence electrons. The van der Waals surface area contributed by atoms with E-state index in [0.717, 1.165) is 50.5 Å². The highest BCUT2D eigenvalue weighted by atomic mass is 15.3. The van der Waals surface area contributed by atoms with Crippen molar-refractivity contribution in [1.29, 1.82) is 0 Å². The van der Waals surface area contributed by atoms with E-state index in [1.165, 1.54) is 0 Å². The van der Waals surface area contributed by atoms with E-state index < -0.39 is 0 Å². The average Bonchev–Trinajstić information content (AvgIpc) is 3.22. The van der Waals surface area contributed by atoms with Crippen LogP contribution in [0.5, 0.6) is 0 Å². The number of benzene rings is 4. The van der Waals surface area contributed by atoms with Crippen LogP contribution in [-0.4, -0.2) is 21.8 Å². The lowest BCUT2D eigenvalue weighted by atomic mass is 10.1. The third kappa shape index (κ3) is 4.23. The molecule has 5 aromatic rings. The Hall–Kier alpha value is -4.31. The molecular formula is C29H24N4. The van der Waals surface area contributed by atoms with E-state index in [-0.39, 0.29) is 0 Å². The van der Waals surface area contributed by atoms with Gasteiger partial charge >= 0.3 is 0 Å². The zero-order valence-corrected chi connectivity index (χ0v) is 18.7. The molecule has 0 atom stereocenters. The standard InChI is InChI=1S/C29H24N4/c1-21-12-11-13-22(2)28(21)31-29(23-14-5-3-6-15-23)33-27-19-10-9-18-25(27)26(32-33)20-30-24-16-7-4-8-17-24/h3-20H,1-2H3/b30-20+,31-29+. The molecule has 0 N–H and O–H groups in total. The number of hydrogen-bond acceptors (Lipinski definition) is 3. The first kappa shape index (κ1) is 20.6. The molecule has 0 bridgehead atoms. The zero-order chi connectivity index (χ0) is 22.6. The molecule has 0 aliphatic carbocycles. The van der Waals surface area contributed by atoms with E-state index in [4.69, 9.17) is 10.1 Å². The maximum Gasteiger partial charge on any atom is 0.161 e. The highest BCUT2D eigenvalue weighted by molar-refractivity contribution is 6.08. The van der Waals surface area contributed by atoms with Gasteiger partial charge in [0.2, 0.25) is 0 Å². The largest absolute Gasteiger partial charge is 0.255 e. The van der Waals surface area contributed by atoms with Crippen LogP contribution in [0.3, 0.4) is 0 Å². The second-order valence-corrected chi connectivity index (χ2v) is 7.95. The van der Waals surface area contributed by atoms with Gasteiger partial charge in [-0.3, -0.25) is 4.99 Å². The second-order valence-electron chi connectivity index (χ2n) is 7.95. The summed E-state index contributed by atoms with van der Waals surface area (Å²) in [6.07, 6.45) is 1.83. The summed E-state index contributed by atoms with van der Waals surface area (Å²) in [5, 5.41) is 6.00. The molecule has 0 amide bonds. The second kappa shape index (κ2) is 9.05. The fourth-order valence-corrected chi connectivity index (χ4v) is 3.91. The number of rotatable bonds is 4. The maximum atomic E-state index is 5.15. The van der Waals surface area contributed by atoms with Crippen LogP contribution in [-0.2, 0) is 0 Å². The SMILES string of the molecule is Cc1cccc(C)c1/N=C(\c1ccccc1)n1nc(/C=N/c2ccccc2)c2ccccc21. The van der Waals surface area contributed by atoms with Gasteiger partial charge in [-0.15, -0.1) is 0 Å². The van der Waals surface area contributed by atoms with Gasteiger partial charge in [0.15, 0.2) is 5.84 Å². The van der Waals surface area contributed by atoms with Crippen molar-refractivity contribution in [1.82, 2.24) is 9.78 Å². The van der Waals surface area contributed by atoms with Crippen molar-refractivity contribution in [2.24, 2.45) is 9.98 Å². The molecular weight excluding hydrogens is 404 g/mol. The summed E-state index contributed by atoms with van der Waals surface area (Å²) in [5.41, 5.74) is 6.91. The van der Waals surface area contributed by atoms with Gasteiger partial charge < -0.3 is 0 Å². The zero-order valence-electron chi connectivity index (χ0n) is 18.7. The Balaban J connectivity index is 1.72. The fraction of sp³-hybridized carbons (Fsp3) is 0.0690. The first-order chi connectivity index (χ1) is 16.2. The Morgan fingerprint density at radius 1 is 0.727 bits per heavy atom. The molecule has 4 nitrogen and oxygen atoms in total. The van der Waals surface area contributed by atoms with Crippen LogP contribution in [0, 0.1) is 13.8 Å². The molecule has 4 heteroatoms. The Labute approximate surface area is 193 Å². The number of aromatic nitrogens is 2. The summed E-state index contributed by atoms with van der Waals surface area (Å²) in [6.45, 7) is 4.18. The highest BCUT2D eigenvalue weighted by Crippen LogP contribution is 2.26. The van der Waals surface area contributed by atoms with Crippen molar-refractivity contribution in [3.8, 4) is 0 Å². The molecule has 0 saturated heterocycles. The minimum Gasteiger partial charge on any atom is -0.255 e. The van der Waals surface area contributed by atoms with E-state index in [1.807, 2.05) is 71.6 Å². The van der Waals surface area contributed by atoms with Gasteiger partial charge in [0.25, 0.3) is 0 Å². The number of aryl methyl sites for hydroxylation is 2. The van der Waals surface area contributed by atoms with Crippen molar-refractivity contribution < 1.29 is 0 Å². The molecule has 5 rings (SSSR count). The monoisotopic (exact) mass is 428 g/mol. The van der Waals surface area contributed by atoms with Crippen LogP contribution >= 0.6 is 0 Å². The maximum absolute atomic E-state index is 5.15. The molecule has 0 spiro atoms. The Morgan fingerprint density at radius 2 is 1.36 bits per heavy atom. The smallest absolute Gasteiger partial charge is 0.161 e. The van der Waals surface area contributed by atoms with Gasteiger partial charge in [0, 0.05) is 10.9 Å². The molecule has 0 aliphatic heterocycles. The lowest BCUT2D eigenvalue weighted by Crippen LogP contribution is -2.15. The number of hydrogen-bond donors (Lipinski definition) is 0. The van der Waals surface area contributed by atoms with Gasteiger partial charge in [0.05, 0.1) is 23.1 Å². The van der Waals surface area contributed by atoms with Gasteiger partial charge in [-0.1, -0.05) is 84.9 Å². The first-order valence-electron chi connectivity index (χ1n) is 11.0. The van der Waals surface area contributed by atoms with Crippen molar-refractivity contribution in [3.63, 3.8) is 0 Å². The fourth-order valence-electron chi connectivity index (χ4n) is 3.91. The van der Waals surface area contributed by atoms with Crippen molar-refractivity contribution in [2.45, 2.75) is 13.8 Å². The van der Waals surface area contributed by atoms with Crippen LogP contribution in [0.4, 0.5) is 11.4 Å². The molecule has 33 heavy (non-hydrogen) atoms. The molecule has 0 saturated carbocycles. The third-order valence-corrected chi connectivity index (χ3v) is 5.60. The van der Waals surface area contributed by atoms with Gasteiger partial charge in [-0.2, -0.15) is 5.10 Å². The minimum atomic E-state index is 0.781. The predicted octanol–water partition coefficient (Wildman–Crippen LogP) is 7.03. The molecule has 0 radical (unpaired) electrons. The molecule has 0 fully saturated rings. The summed E-state index contributed by atoms with van der Waals surface area (Å²) in [5.74, 6) is 0.781. The summed E-state index contributed by atoms with van der Waals surface area (Å²) in [6, 6.07) is 34.6. The molecule has 0 aliphatic rings. The van der Waals surface area contributed by atoms with Crippen LogP contribution in [0.25, 0.3) is 10.9 Å². The number of aliphatic imine (C=N–C) groups is 2. The van der Waals surface area contributed by atoms with Gasteiger partial charge in [-0.25, -0.2) is 9.67 Å². The summed E-state index contributed by atoms with van der Waals surface area (Å²) < 4.78 is 1.93. The predicted molar refractivity (Wildman–Crippen MR) is 137 cm³/mol. The molecule has 1 aromatic heterocycles. The van der Waals surface area contributed by atoms with Crippen molar-refractivity contribution in [3.05, 3.63) is 126 Å². The molecule has 1 heterocycles. The summed E-state index contributed by atoms with van der Waals surface area (Å²) in [7, 11) is 0. The third-order valence-electron chi connectivity index (χ3n) is 5.60. The average molecular weight is 429 g/mol. The van der Waals surface area contributed by atoms with E-state index in [1.54, 1.807) is 0 Å². The van der Waals surface area contributed by atoms with E-state index in [9.17, 15) is 0 Å². The van der Waals surface area contributed by atoms with E-state index in [2.05, 4.69) is 61.3 Å². The van der Waals surface area contributed by atoms with Crippen molar-refractivity contribution >= 4 is 34.3 Å². The minimum absolute atomic E-state index is 0.781. The molecule has 4 aromatic carbocycles. The molecule has 0 unspecified atom stereocenters. The van der Waals surface area contributed by atoms with Crippen molar-refractivity contribution in [2.75, 3.05) is 0 Å². The number of para-hydroxylation sites is 3. The normalized spacial score (nSPS) is 12.0. The van der Waals surface area contributed by atoms with Gasteiger partial charge in [-0.05, 0) is 43.2 Å². The quantitative estimate of drug-likeness (QED) is 0.224. The Kier molecular flexibility index (Phi) is 5.64. The topological polar surface area (TPSA) is 42.5 Å². The van der Waals surface area contributed by atoms with Crippen LogP contribution in [0.15, 0.2) is 113 Å². The lowest BCUT2D eigenvalue weighted by molar-refractivity contribution is 0.957. The Morgan fingerprint density at radius 3 is 2.09 bits per heavy atom. The van der Waals surface area contributed by atoms with Crippen LogP contribution in [0.2, 0.25) is 0 Å². The highest BCUT2D eigenvalue weighted by Gasteiger charge is 2.16. The van der Waals surface area contributed by atoms with E-state index >= 15 is 0 Å². The summed E-state index contributed by atoms with van der Waals surface area (Å²) in [4.78, 5) is 9.80. The van der Waals surface area contributed by atoms with Crippen LogP contribution in [0.1, 0.15) is 22.4 Å². The van der Waals surface area contributed by atoms with Gasteiger partial charge in [0.1, 0.15) is 5.69 Å². The first-order valence-corrected chi connectivity index (χ1v) is 11.0. The summed E-state index contributed by atoms with van der Waals surface area (Å²) >= 11 is 0. The van der Waals surface area contributed by atoms with E-state index in [0.29, 0.717) is 0 Å². The van der Waals surface area contributed by atoms with Crippen LogP contribution < -0.4 is 0 Å². The number of fused-ring (bicyclic) bond motifs is 1.